The second-order valence-corrected chi connectivity index (χ2v) is 6.26. The van der Waals surface area contributed by atoms with Gasteiger partial charge in [0.15, 0.2) is 0 Å². The summed E-state index contributed by atoms with van der Waals surface area (Å²) < 4.78 is 37.8. The van der Waals surface area contributed by atoms with Crippen LogP contribution >= 0.6 is 0 Å². The number of hydrogen-bond donors (Lipinski definition) is 1. The zero-order chi connectivity index (χ0) is 19.1. The molecule has 1 atom stereocenters. The fourth-order valence-electron chi connectivity index (χ4n) is 2.75. The summed E-state index contributed by atoms with van der Waals surface area (Å²) in [7, 11) is 0. The van der Waals surface area contributed by atoms with Crippen molar-refractivity contribution >= 4 is 0 Å². The average Bonchev–Trinajstić information content (AvgIpc) is 3.16. The number of rotatable bonds is 9. The molecule has 4 nitrogen and oxygen atoms in total. The largest absolute Gasteiger partial charge is 0.491 e. The average molecular weight is 373 g/mol. The van der Waals surface area contributed by atoms with Crippen LogP contribution in [-0.4, -0.2) is 29.3 Å². The number of ether oxygens (including phenoxy) is 1. The molecule has 2 aromatic carbocycles. The van der Waals surface area contributed by atoms with Crippen molar-refractivity contribution in [2.45, 2.75) is 19.2 Å². The number of furan rings is 1. The summed E-state index contributed by atoms with van der Waals surface area (Å²) in [6.07, 6.45) is 0.766. The molecule has 1 aromatic heterocycles. The lowest BCUT2D eigenvalue weighted by Crippen LogP contribution is -2.35. The van der Waals surface area contributed by atoms with Gasteiger partial charge in [-0.3, -0.25) is 4.90 Å². The second kappa shape index (κ2) is 9.30. The van der Waals surface area contributed by atoms with Crippen molar-refractivity contribution in [1.29, 1.82) is 0 Å². The molecule has 0 aliphatic rings. The minimum absolute atomic E-state index is 0.0392. The first-order chi connectivity index (χ1) is 13.1. The topological polar surface area (TPSA) is 45.8 Å². The van der Waals surface area contributed by atoms with Gasteiger partial charge in [0.05, 0.1) is 12.8 Å². The number of aliphatic hydroxyl groups is 1. The maximum absolute atomic E-state index is 14.0. The molecule has 3 rings (SSSR count). The van der Waals surface area contributed by atoms with E-state index < -0.39 is 6.10 Å². The predicted octanol–water partition coefficient (Wildman–Crippen LogP) is 4.00. The van der Waals surface area contributed by atoms with Crippen LogP contribution in [0.3, 0.4) is 0 Å². The van der Waals surface area contributed by atoms with Crippen molar-refractivity contribution in [2.24, 2.45) is 0 Å². The molecule has 0 spiro atoms. The van der Waals surface area contributed by atoms with Crippen molar-refractivity contribution in [3.8, 4) is 5.75 Å². The van der Waals surface area contributed by atoms with Crippen LogP contribution in [0.1, 0.15) is 11.3 Å². The van der Waals surface area contributed by atoms with Gasteiger partial charge in [-0.05, 0) is 42.5 Å². The maximum Gasteiger partial charge on any atom is 0.127 e. The highest BCUT2D eigenvalue weighted by Crippen LogP contribution is 2.15. The summed E-state index contributed by atoms with van der Waals surface area (Å²) >= 11 is 0. The van der Waals surface area contributed by atoms with Crippen molar-refractivity contribution in [2.75, 3.05) is 13.2 Å². The minimum atomic E-state index is -0.809. The highest BCUT2D eigenvalue weighted by Gasteiger charge is 2.16. The molecule has 0 radical (unpaired) electrons. The number of halogens is 2. The van der Waals surface area contributed by atoms with Gasteiger partial charge in [-0.15, -0.1) is 0 Å². The highest BCUT2D eigenvalue weighted by molar-refractivity contribution is 5.22. The van der Waals surface area contributed by atoms with E-state index in [0.29, 0.717) is 24.4 Å². The lowest BCUT2D eigenvalue weighted by molar-refractivity contribution is 0.0600. The van der Waals surface area contributed by atoms with E-state index in [-0.39, 0.29) is 24.8 Å². The van der Waals surface area contributed by atoms with Gasteiger partial charge in [0.2, 0.25) is 0 Å². The van der Waals surface area contributed by atoms with Gasteiger partial charge in [-0.2, -0.15) is 0 Å². The summed E-state index contributed by atoms with van der Waals surface area (Å²) in [6.45, 7) is 1.05. The first-order valence-corrected chi connectivity index (χ1v) is 8.65. The van der Waals surface area contributed by atoms with Crippen LogP contribution < -0.4 is 4.74 Å². The van der Waals surface area contributed by atoms with Crippen molar-refractivity contribution < 1.29 is 23.0 Å². The summed E-state index contributed by atoms with van der Waals surface area (Å²) in [5, 5.41) is 10.3. The van der Waals surface area contributed by atoms with Crippen LogP contribution in [0.25, 0.3) is 0 Å². The number of aliphatic hydroxyl groups excluding tert-OH is 1. The first-order valence-electron chi connectivity index (χ1n) is 8.65. The fourth-order valence-corrected chi connectivity index (χ4v) is 2.75. The number of nitrogens with zero attached hydrogens (tertiary/aromatic N) is 1. The standard InChI is InChI=1S/C21H21F2NO3/c22-17-7-9-19(10-8-17)27-15-18(25)13-24(14-20-5-3-11-26-20)12-16-4-1-2-6-21(16)23/h1-11,18,25H,12-15H2. The minimum Gasteiger partial charge on any atom is -0.491 e. The molecule has 0 amide bonds. The summed E-state index contributed by atoms with van der Waals surface area (Å²) in [5.74, 6) is 0.552. The lowest BCUT2D eigenvalue weighted by Gasteiger charge is -2.24. The van der Waals surface area contributed by atoms with E-state index in [1.807, 2.05) is 11.0 Å². The summed E-state index contributed by atoms with van der Waals surface area (Å²) in [6, 6.07) is 15.7. The van der Waals surface area contributed by atoms with E-state index in [2.05, 4.69) is 0 Å². The van der Waals surface area contributed by atoms with E-state index in [4.69, 9.17) is 9.15 Å². The third-order valence-corrected chi connectivity index (χ3v) is 4.04. The van der Waals surface area contributed by atoms with Crippen molar-refractivity contribution in [1.82, 2.24) is 4.90 Å². The van der Waals surface area contributed by atoms with E-state index in [0.717, 1.165) is 5.76 Å². The molecule has 0 aliphatic carbocycles. The van der Waals surface area contributed by atoms with Crippen molar-refractivity contribution in [3.05, 3.63) is 89.9 Å². The number of hydrogen-bond acceptors (Lipinski definition) is 4. The summed E-state index contributed by atoms with van der Waals surface area (Å²) in [4.78, 5) is 1.88. The van der Waals surface area contributed by atoms with Crippen LogP contribution in [0.4, 0.5) is 8.78 Å². The van der Waals surface area contributed by atoms with Crippen molar-refractivity contribution in [3.63, 3.8) is 0 Å². The van der Waals surface area contributed by atoms with Gasteiger partial charge in [0, 0.05) is 18.7 Å². The Hall–Kier alpha value is -2.70. The van der Waals surface area contributed by atoms with Crippen LogP contribution in [0.15, 0.2) is 71.3 Å². The monoisotopic (exact) mass is 373 g/mol. The summed E-state index contributed by atoms with van der Waals surface area (Å²) in [5.41, 5.74) is 0.538. The maximum atomic E-state index is 14.0. The zero-order valence-corrected chi connectivity index (χ0v) is 14.7. The fraction of sp³-hybridized carbons (Fsp3) is 0.238. The van der Waals surface area contributed by atoms with Crippen LogP contribution in [0, 0.1) is 11.6 Å². The smallest absolute Gasteiger partial charge is 0.127 e. The SMILES string of the molecule is OC(COc1ccc(F)cc1)CN(Cc1ccco1)Cc1ccccc1F. The van der Waals surface area contributed by atoms with Gasteiger partial charge < -0.3 is 14.3 Å². The first kappa shape index (κ1) is 19.1. The number of benzene rings is 2. The lowest BCUT2D eigenvalue weighted by atomic mass is 10.2. The van der Waals surface area contributed by atoms with E-state index >= 15 is 0 Å². The Bertz CT molecular complexity index is 822. The van der Waals surface area contributed by atoms with Gasteiger partial charge in [0.25, 0.3) is 0 Å². The second-order valence-electron chi connectivity index (χ2n) is 6.26. The zero-order valence-electron chi connectivity index (χ0n) is 14.7. The molecule has 0 bridgehead atoms. The Morgan fingerprint density at radius 3 is 2.44 bits per heavy atom. The molecule has 142 valence electrons. The Morgan fingerprint density at radius 1 is 0.963 bits per heavy atom. The Kier molecular flexibility index (Phi) is 6.57. The molecule has 0 saturated heterocycles. The Labute approximate surface area is 156 Å². The van der Waals surface area contributed by atoms with E-state index in [9.17, 15) is 13.9 Å². The molecule has 3 aromatic rings. The van der Waals surface area contributed by atoms with Crippen LogP contribution in [0.2, 0.25) is 0 Å². The molecule has 6 heteroatoms. The quantitative estimate of drug-likeness (QED) is 0.616. The third-order valence-electron chi connectivity index (χ3n) is 4.04. The molecule has 0 aliphatic heterocycles. The van der Waals surface area contributed by atoms with E-state index in [1.165, 1.54) is 30.3 Å². The Balaban J connectivity index is 1.61. The normalized spacial score (nSPS) is 12.3. The predicted molar refractivity (Wildman–Crippen MR) is 97.1 cm³/mol. The molecule has 0 fully saturated rings. The molecule has 1 N–H and O–H groups in total. The Morgan fingerprint density at radius 2 is 1.74 bits per heavy atom. The van der Waals surface area contributed by atoms with Crippen LogP contribution in [0.5, 0.6) is 5.75 Å². The molecule has 1 unspecified atom stereocenters. The van der Waals surface area contributed by atoms with Gasteiger partial charge in [-0.25, -0.2) is 8.78 Å². The molecule has 1 heterocycles. The molecule has 27 heavy (non-hydrogen) atoms. The molecular weight excluding hydrogens is 352 g/mol. The van der Waals surface area contributed by atoms with E-state index in [1.54, 1.807) is 30.5 Å². The van der Waals surface area contributed by atoms with Gasteiger partial charge in [0.1, 0.15) is 35.9 Å². The molecule has 0 saturated carbocycles. The van der Waals surface area contributed by atoms with Crippen LogP contribution in [-0.2, 0) is 13.1 Å². The van der Waals surface area contributed by atoms with Gasteiger partial charge >= 0.3 is 0 Å². The van der Waals surface area contributed by atoms with Gasteiger partial charge in [-0.1, -0.05) is 18.2 Å². The third kappa shape index (κ3) is 5.91. The molecular formula is C21H21F2NO3. The highest BCUT2D eigenvalue weighted by atomic mass is 19.1.